The minimum Gasteiger partial charge on any atom is -0.407 e. The zero-order chi connectivity index (χ0) is 12.3. The highest BCUT2D eigenvalue weighted by atomic mass is 16.6. The first-order valence-electron chi connectivity index (χ1n) is 5.75. The van der Waals surface area contributed by atoms with Gasteiger partial charge in [0, 0.05) is 19.1 Å². The summed E-state index contributed by atoms with van der Waals surface area (Å²) in [6.07, 6.45) is 2.94. The van der Waals surface area contributed by atoms with Crippen molar-refractivity contribution in [1.82, 2.24) is 14.7 Å². The van der Waals surface area contributed by atoms with Crippen LogP contribution in [0.2, 0.25) is 0 Å². The average molecular weight is 239 g/mol. The number of amides is 1. The number of aromatic nitrogens is 2. The summed E-state index contributed by atoms with van der Waals surface area (Å²) in [4.78, 5) is 13.4. The second-order valence-corrected chi connectivity index (χ2v) is 4.22. The molecule has 1 fully saturated rings. The quantitative estimate of drug-likeness (QED) is 0.780. The monoisotopic (exact) mass is 239 g/mol. The van der Waals surface area contributed by atoms with Crippen molar-refractivity contribution < 1.29 is 14.3 Å². The summed E-state index contributed by atoms with van der Waals surface area (Å²) in [7, 11) is 0. The van der Waals surface area contributed by atoms with Gasteiger partial charge in [0.15, 0.2) is 5.75 Å². The van der Waals surface area contributed by atoms with Gasteiger partial charge >= 0.3 is 6.09 Å². The lowest BCUT2D eigenvalue weighted by Crippen LogP contribution is -2.42. The van der Waals surface area contributed by atoms with Crippen LogP contribution in [0.4, 0.5) is 4.79 Å². The normalized spacial score (nSPS) is 16.3. The van der Waals surface area contributed by atoms with Crippen molar-refractivity contribution in [2.45, 2.75) is 19.9 Å². The first-order valence-corrected chi connectivity index (χ1v) is 5.75. The van der Waals surface area contributed by atoms with Crippen molar-refractivity contribution in [1.29, 1.82) is 0 Å². The minimum atomic E-state index is -0.336. The highest BCUT2D eigenvalue weighted by molar-refractivity contribution is 5.70. The summed E-state index contributed by atoms with van der Waals surface area (Å²) in [5, 5.41) is 4.11. The van der Waals surface area contributed by atoms with E-state index in [-0.39, 0.29) is 12.1 Å². The Labute approximate surface area is 100 Å². The maximum absolute atomic E-state index is 11.8. The molecule has 1 aliphatic heterocycles. The van der Waals surface area contributed by atoms with E-state index >= 15 is 0 Å². The fourth-order valence-electron chi connectivity index (χ4n) is 1.57. The first-order chi connectivity index (χ1) is 8.16. The van der Waals surface area contributed by atoms with Gasteiger partial charge in [-0.05, 0) is 13.8 Å². The Morgan fingerprint density at radius 3 is 2.76 bits per heavy atom. The van der Waals surface area contributed by atoms with E-state index in [9.17, 15) is 4.79 Å². The number of ether oxygens (including phenoxy) is 2. The number of carbonyl (C=O) groups is 1. The fourth-order valence-corrected chi connectivity index (χ4v) is 1.57. The summed E-state index contributed by atoms with van der Waals surface area (Å²) >= 11 is 0. The lowest BCUT2D eigenvalue weighted by atomic mass is 10.4. The molecule has 17 heavy (non-hydrogen) atoms. The predicted molar refractivity (Wildman–Crippen MR) is 61.0 cm³/mol. The van der Waals surface area contributed by atoms with E-state index in [0.717, 1.165) is 0 Å². The van der Waals surface area contributed by atoms with Crippen molar-refractivity contribution in [3.05, 3.63) is 12.4 Å². The van der Waals surface area contributed by atoms with Gasteiger partial charge in [-0.1, -0.05) is 0 Å². The van der Waals surface area contributed by atoms with Crippen LogP contribution in [0.25, 0.3) is 0 Å². The molecule has 0 atom stereocenters. The maximum atomic E-state index is 11.8. The van der Waals surface area contributed by atoms with Gasteiger partial charge in [0.2, 0.25) is 0 Å². The smallest absolute Gasteiger partial charge is 0.407 e. The zero-order valence-corrected chi connectivity index (χ0v) is 10.1. The molecule has 2 rings (SSSR count). The summed E-state index contributed by atoms with van der Waals surface area (Å²) < 4.78 is 12.2. The third-order valence-corrected chi connectivity index (χ3v) is 2.58. The van der Waals surface area contributed by atoms with Crippen LogP contribution in [0, 0.1) is 0 Å². The molecule has 6 heteroatoms. The molecule has 0 radical (unpaired) electrons. The molecular weight excluding hydrogens is 222 g/mol. The van der Waals surface area contributed by atoms with Gasteiger partial charge in [-0.2, -0.15) is 5.10 Å². The number of rotatable bonds is 2. The Bertz CT molecular complexity index is 383. The molecule has 1 aliphatic rings. The Morgan fingerprint density at radius 1 is 1.47 bits per heavy atom. The second-order valence-electron chi connectivity index (χ2n) is 4.22. The highest BCUT2D eigenvalue weighted by Gasteiger charge is 2.19. The molecule has 2 heterocycles. The van der Waals surface area contributed by atoms with Gasteiger partial charge in [-0.25, -0.2) is 4.79 Å². The van der Waals surface area contributed by atoms with Crippen LogP contribution < -0.4 is 4.74 Å². The van der Waals surface area contributed by atoms with E-state index in [4.69, 9.17) is 9.47 Å². The number of hydrogen-bond donors (Lipinski definition) is 0. The molecule has 0 aliphatic carbocycles. The standard InChI is InChI=1S/C11H17N3O3/c1-9(2)14-8-10(7-12-14)17-11(15)13-3-5-16-6-4-13/h7-9H,3-6H2,1-2H3. The van der Waals surface area contributed by atoms with Crippen LogP contribution >= 0.6 is 0 Å². The van der Waals surface area contributed by atoms with Crippen molar-refractivity contribution in [3.63, 3.8) is 0 Å². The molecule has 0 saturated carbocycles. The summed E-state index contributed by atoms with van der Waals surface area (Å²) in [5.41, 5.74) is 0. The molecule has 1 aromatic rings. The number of nitrogens with zero attached hydrogens (tertiary/aromatic N) is 3. The summed E-state index contributed by atoms with van der Waals surface area (Å²) in [5.74, 6) is 0.482. The van der Waals surface area contributed by atoms with Gasteiger partial charge < -0.3 is 14.4 Å². The molecule has 0 bridgehead atoms. The van der Waals surface area contributed by atoms with Crippen molar-refractivity contribution in [2.24, 2.45) is 0 Å². The van der Waals surface area contributed by atoms with E-state index in [0.29, 0.717) is 32.1 Å². The average Bonchev–Trinajstić information content (AvgIpc) is 2.79. The topological polar surface area (TPSA) is 56.6 Å². The molecular formula is C11H17N3O3. The van der Waals surface area contributed by atoms with Crippen LogP contribution in [0.5, 0.6) is 5.75 Å². The molecule has 0 unspecified atom stereocenters. The van der Waals surface area contributed by atoms with E-state index < -0.39 is 0 Å². The van der Waals surface area contributed by atoms with Gasteiger partial charge in [0.1, 0.15) is 0 Å². The molecule has 94 valence electrons. The van der Waals surface area contributed by atoms with Crippen LogP contribution in [-0.2, 0) is 4.74 Å². The van der Waals surface area contributed by atoms with E-state index in [1.807, 2.05) is 13.8 Å². The zero-order valence-electron chi connectivity index (χ0n) is 10.1. The molecule has 0 N–H and O–H groups in total. The summed E-state index contributed by atoms with van der Waals surface area (Å²) in [6, 6.07) is 0.255. The Balaban J connectivity index is 1.92. The summed E-state index contributed by atoms with van der Waals surface area (Å²) in [6.45, 7) is 6.33. The van der Waals surface area contributed by atoms with Crippen molar-refractivity contribution >= 4 is 6.09 Å². The molecule has 1 aromatic heterocycles. The molecule has 0 spiro atoms. The molecule has 0 aromatic carbocycles. The Kier molecular flexibility index (Phi) is 3.63. The molecule has 1 saturated heterocycles. The van der Waals surface area contributed by atoms with Crippen molar-refractivity contribution in [3.8, 4) is 5.75 Å². The van der Waals surface area contributed by atoms with E-state index in [1.54, 1.807) is 22.0 Å². The van der Waals surface area contributed by atoms with Gasteiger partial charge in [0.05, 0.1) is 25.6 Å². The van der Waals surface area contributed by atoms with Gasteiger partial charge in [-0.15, -0.1) is 0 Å². The third-order valence-electron chi connectivity index (χ3n) is 2.58. The lowest BCUT2D eigenvalue weighted by Gasteiger charge is -2.25. The maximum Gasteiger partial charge on any atom is 0.415 e. The van der Waals surface area contributed by atoms with Crippen LogP contribution in [0.1, 0.15) is 19.9 Å². The fraction of sp³-hybridized carbons (Fsp3) is 0.636. The third kappa shape index (κ3) is 2.97. The van der Waals surface area contributed by atoms with Crippen LogP contribution in [0.15, 0.2) is 12.4 Å². The second kappa shape index (κ2) is 5.18. The van der Waals surface area contributed by atoms with E-state index in [2.05, 4.69) is 5.10 Å². The molecule has 6 nitrogen and oxygen atoms in total. The number of hydrogen-bond acceptors (Lipinski definition) is 4. The van der Waals surface area contributed by atoms with Crippen LogP contribution in [0.3, 0.4) is 0 Å². The Hall–Kier alpha value is -1.56. The predicted octanol–water partition coefficient (Wildman–Crippen LogP) is 1.29. The lowest BCUT2D eigenvalue weighted by molar-refractivity contribution is 0.0416. The first kappa shape index (κ1) is 11.9. The largest absolute Gasteiger partial charge is 0.415 e. The minimum absolute atomic E-state index is 0.255. The number of carbonyl (C=O) groups excluding carboxylic acids is 1. The number of morpholine rings is 1. The molecule has 1 amide bonds. The Morgan fingerprint density at radius 2 is 2.18 bits per heavy atom. The van der Waals surface area contributed by atoms with Gasteiger partial charge in [-0.3, -0.25) is 4.68 Å². The van der Waals surface area contributed by atoms with Gasteiger partial charge in [0.25, 0.3) is 0 Å². The highest BCUT2D eigenvalue weighted by Crippen LogP contribution is 2.13. The van der Waals surface area contributed by atoms with Crippen LogP contribution in [-0.4, -0.2) is 47.1 Å². The van der Waals surface area contributed by atoms with Crippen molar-refractivity contribution in [2.75, 3.05) is 26.3 Å². The SMILES string of the molecule is CC(C)n1cc(OC(=O)N2CCOCC2)cn1. The van der Waals surface area contributed by atoms with E-state index in [1.165, 1.54) is 0 Å².